The molecule has 1 atom stereocenters. The standard InChI is InChI=1S/C8H17BO2/c1-8(2,3)7-4-5-11-9(10)6-7/h7,10H,4-6H2,1-3H3/t7-/m1/s1. The van der Waals surface area contributed by atoms with E-state index in [1.54, 1.807) is 0 Å². The van der Waals surface area contributed by atoms with Crippen LogP contribution < -0.4 is 0 Å². The fraction of sp³-hybridized carbons (Fsp3) is 1.00. The molecule has 1 heterocycles. The van der Waals surface area contributed by atoms with Gasteiger partial charge in [0.1, 0.15) is 0 Å². The first kappa shape index (κ1) is 9.08. The van der Waals surface area contributed by atoms with E-state index in [2.05, 4.69) is 20.8 Å². The summed E-state index contributed by atoms with van der Waals surface area (Å²) in [5.41, 5.74) is 0.310. The van der Waals surface area contributed by atoms with Gasteiger partial charge in [-0.15, -0.1) is 0 Å². The number of hydrogen-bond acceptors (Lipinski definition) is 2. The summed E-state index contributed by atoms with van der Waals surface area (Å²) in [7, 11) is -0.520. The summed E-state index contributed by atoms with van der Waals surface area (Å²) in [5.74, 6) is 0.603. The molecular formula is C8H17BO2. The largest absolute Gasteiger partial charge is 0.454 e. The molecule has 0 aliphatic carbocycles. The predicted octanol–water partition coefficient (Wildman–Crippen LogP) is 1.55. The van der Waals surface area contributed by atoms with Crippen molar-refractivity contribution in [3.63, 3.8) is 0 Å². The molecule has 1 N–H and O–H groups in total. The third-order valence-corrected chi connectivity index (χ3v) is 2.49. The van der Waals surface area contributed by atoms with Gasteiger partial charge in [0.25, 0.3) is 0 Å². The Balaban J connectivity index is 2.46. The van der Waals surface area contributed by atoms with Gasteiger partial charge in [0, 0.05) is 6.61 Å². The summed E-state index contributed by atoms with van der Waals surface area (Å²) in [6.07, 6.45) is 1.88. The second-order valence-corrected chi connectivity index (χ2v) is 4.41. The van der Waals surface area contributed by atoms with Crippen LogP contribution in [0, 0.1) is 11.3 Å². The molecule has 1 aliphatic rings. The topological polar surface area (TPSA) is 29.5 Å². The van der Waals surface area contributed by atoms with Gasteiger partial charge in [-0.2, -0.15) is 0 Å². The third kappa shape index (κ3) is 2.49. The Kier molecular flexibility index (Phi) is 2.60. The smallest absolute Gasteiger partial charge is 0.427 e. The van der Waals surface area contributed by atoms with Crippen molar-refractivity contribution in [1.29, 1.82) is 0 Å². The molecule has 1 rings (SSSR count). The van der Waals surface area contributed by atoms with Gasteiger partial charge in [-0.1, -0.05) is 20.8 Å². The van der Waals surface area contributed by atoms with Crippen LogP contribution in [0.4, 0.5) is 0 Å². The summed E-state index contributed by atoms with van der Waals surface area (Å²) < 4.78 is 5.06. The van der Waals surface area contributed by atoms with Crippen molar-refractivity contribution in [2.45, 2.75) is 33.5 Å². The minimum absolute atomic E-state index is 0.310. The van der Waals surface area contributed by atoms with Crippen LogP contribution in [0.1, 0.15) is 27.2 Å². The van der Waals surface area contributed by atoms with E-state index in [0.29, 0.717) is 17.9 Å². The molecule has 0 unspecified atom stereocenters. The molecule has 1 saturated heterocycles. The zero-order valence-electron chi connectivity index (χ0n) is 7.63. The Morgan fingerprint density at radius 3 is 2.45 bits per heavy atom. The van der Waals surface area contributed by atoms with Crippen molar-refractivity contribution >= 4 is 7.12 Å². The van der Waals surface area contributed by atoms with Gasteiger partial charge in [-0.25, -0.2) is 0 Å². The van der Waals surface area contributed by atoms with Crippen LogP contribution in [0.3, 0.4) is 0 Å². The highest BCUT2D eigenvalue weighted by molar-refractivity contribution is 6.43. The van der Waals surface area contributed by atoms with E-state index in [1.807, 2.05) is 0 Å². The lowest BCUT2D eigenvalue weighted by Crippen LogP contribution is -2.34. The molecule has 11 heavy (non-hydrogen) atoms. The lowest BCUT2D eigenvalue weighted by atomic mass is 9.65. The second-order valence-electron chi connectivity index (χ2n) is 4.41. The average Bonchev–Trinajstić information content (AvgIpc) is 1.86. The Morgan fingerprint density at radius 2 is 2.09 bits per heavy atom. The first-order valence-electron chi connectivity index (χ1n) is 4.30. The molecule has 0 aromatic heterocycles. The summed E-state index contributed by atoms with van der Waals surface area (Å²) in [6.45, 7) is 7.37. The fourth-order valence-electron chi connectivity index (χ4n) is 1.56. The minimum atomic E-state index is -0.520. The molecule has 0 bridgehead atoms. The Hall–Kier alpha value is -0.0151. The normalized spacial score (nSPS) is 27.3. The maximum absolute atomic E-state index is 9.22. The summed E-state index contributed by atoms with van der Waals surface area (Å²) in [6, 6.07) is 0. The van der Waals surface area contributed by atoms with Gasteiger partial charge < -0.3 is 9.68 Å². The molecule has 3 heteroatoms. The van der Waals surface area contributed by atoms with Crippen molar-refractivity contribution in [3.8, 4) is 0 Å². The quantitative estimate of drug-likeness (QED) is 0.539. The molecule has 0 spiro atoms. The monoisotopic (exact) mass is 156 g/mol. The average molecular weight is 156 g/mol. The van der Waals surface area contributed by atoms with Crippen molar-refractivity contribution in [1.82, 2.24) is 0 Å². The summed E-state index contributed by atoms with van der Waals surface area (Å²) in [5, 5.41) is 9.22. The van der Waals surface area contributed by atoms with Crippen LogP contribution in [0.25, 0.3) is 0 Å². The van der Waals surface area contributed by atoms with Crippen LogP contribution in [-0.2, 0) is 4.65 Å². The maximum atomic E-state index is 9.22. The van der Waals surface area contributed by atoms with Gasteiger partial charge >= 0.3 is 7.12 Å². The van der Waals surface area contributed by atoms with Crippen molar-refractivity contribution < 1.29 is 9.68 Å². The zero-order chi connectivity index (χ0) is 8.48. The van der Waals surface area contributed by atoms with Crippen LogP contribution in [-0.4, -0.2) is 18.7 Å². The molecule has 64 valence electrons. The molecule has 1 aliphatic heterocycles. The predicted molar refractivity (Wildman–Crippen MR) is 46.3 cm³/mol. The van der Waals surface area contributed by atoms with Gasteiger partial charge in [-0.3, -0.25) is 0 Å². The Labute approximate surface area is 69.1 Å². The molecule has 0 aromatic carbocycles. The minimum Gasteiger partial charge on any atom is -0.427 e. The van der Waals surface area contributed by atoms with E-state index in [-0.39, 0.29) is 0 Å². The van der Waals surface area contributed by atoms with E-state index >= 15 is 0 Å². The molecule has 0 aromatic rings. The molecule has 1 fully saturated rings. The lowest BCUT2D eigenvalue weighted by molar-refractivity contribution is 0.138. The highest BCUT2D eigenvalue weighted by Gasteiger charge is 2.32. The molecular weight excluding hydrogens is 139 g/mol. The molecule has 0 radical (unpaired) electrons. The maximum Gasteiger partial charge on any atom is 0.454 e. The van der Waals surface area contributed by atoms with Gasteiger partial charge in [0.05, 0.1) is 0 Å². The number of rotatable bonds is 0. The number of hydrogen-bond donors (Lipinski definition) is 1. The van der Waals surface area contributed by atoms with E-state index in [4.69, 9.17) is 4.65 Å². The fourth-order valence-corrected chi connectivity index (χ4v) is 1.56. The summed E-state index contributed by atoms with van der Waals surface area (Å²) >= 11 is 0. The molecule has 0 amide bonds. The first-order valence-corrected chi connectivity index (χ1v) is 4.30. The van der Waals surface area contributed by atoms with Crippen LogP contribution in [0.2, 0.25) is 6.32 Å². The van der Waals surface area contributed by atoms with E-state index in [1.165, 1.54) is 0 Å². The van der Waals surface area contributed by atoms with Gasteiger partial charge in [-0.05, 0) is 24.1 Å². The van der Waals surface area contributed by atoms with Crippen molar-refractivity contribution in [3.05, 3.63) is 0 Å². The van der Waals surface area contributed by atoms with E-state index in [9.17, 15) is 5.02 Å². The lowest BCUT2D eigenvalue weighted by Gasteiger charge is -2.34. The molecule has 0 saturated carbocycles. The zero-order valence-corrected chi connectivity index (χ0v) is 7.63. The van der Waals surface area contributed by atoms with E-state index in [0.717, 1.165) is 12.7 Å². The van der Waals surface area contributed by atoms with Gasteiger partial charge in [0.2, 0.25) is 0 Å². The third-order valence-electron chi connectivity index (χ3n) is 2.49. The summed E-state index contributed by atoms with van der Waals surface area (Å²) in [4.78, 5) is 0. The highest BCUT2D eigenvalue weighted by atomic mass is 16.5. The Bertz CT molecular complexity index is 131. The van der Waals surface area contributed by atoms with Crippen molar-refractivity contribution in [2.75, 3.05) is 6.61 Å². The van der Waals surface area contributed by atoms with E-state index < -0.39 is 7.12 Å². The first-order chi connectivity index (χ1) is 5.00. The highest BCUT2D eigenvalue weighted by Crippen LogP contribution is 2.34. The van der Waals surface area contributed by atoms with Crippen LogP contribution in [0.5, 0.6) is 0 Å². The SMILES string of the molecule is CC(C)(C)[C@@H]1CCOB(O)C1. The Morgan fingerprint density at radius 1 is 1.45 bits per heavy atom. The molecule has 2 nitrogen and oxygen atoms in total. The van der Waals surface area contributed by atoms with Crippen molar-refractivity contribution in [2.24, 2.45) is 11.3 Å². The second kappa shape index (κ2) is 3.15. The van der Waals surface area contributed by atoms with Crippen LogP contribution in [0.15, 0.2) is 0 Å². The van der Waals surface area contributed by atoms with Gasteiger partial charge in [0.15, 0.2) is 0 Å². The van der Waals surface area contributed by atoms with Crippen LogP contribution >= 0.6 is 0 Å².